The Kier molecular flexibility index (Phi) is 5.97. The molecular formula is C29H29FN2O3. The average Bonchev–Trinajstić information content (AvgIpc) is 2.99. The first-order chi connectivity index (χ1) is 16.8. The fourth-order valence-corrected chi connectivity index (χ4v) is 4.92. The van der Waals surface area contributed by atoms with Crippen molar-refractivity contribution in [1.82, 2.24) is 0 Å². The smallest absolute Gasteiger partial charge is 0.163 e. The van der Waals surface area contributed by atoms with Gasteiger partial charge in [0.2, 0.25) is 0 Å². The van der Waals surface area contributed by atoms with Gasteiger partial charge in [-0.3, -0.25) is 4.79 Å². The van der Waals surface area contributed by atoms with Crippen LogP contribution in [0.2, 0.25) is 0 Å². The van der Waals surface area contributed by atoms with Gasteiger partial charge in [-0.15, -0.1) is 0 Å². The maximum atomic E-state index is 13.5. The van der Waals surface area contributed by atoms with E-state index in [9.17, 15) is 9.18 Å². The van der Waals surface area contributed by atoms with Crippen molar-refractivity contribution in [3.8, 4) is 11.5 Å². The second-order valence-corrected chi connectivity index (χ2v) is 9.89. The first kappa shape index (κ1) is 23.0. The summed E-state index contributed by atoms with van der Waals surface area (Å²) in [4.78, 5) is 13.5. The summed E-state index contributed by atoms with van der Waals surface area (Å²) in [6.07, 6.45) is 1.29. The summed E-state index contributed by atoms with van der Waals surface area (Å²) >= 11 is 0. The molecule has 6 heteroatoms. The molecule has 180 valence electrons. The maximum Gasteiger partial charge on any atom is 0.163 e. The quantitative estimate of drug-likeness (QED) is 0.436. The van der Waals surface area contributed by atoms with Gasteiger partial charge >= 0.3 is 0 Å². The summed E-state index contributed by atoms with van der Waals surface area (Å²) in [7, 11) is 1.62. The van der Waals surface area contributed by atoms with Crippen LogP contribution in [0.25, 0.3) is 0 Å². The monoisotopic (exact) mass is 472 g/mol. The van der Waals surface area contributed by atoms with Crippen LogP contribution in [0, 0.1) is 11.2 Å². The zero-order valence-electron chi connectivity index (χ0n) is 20.2. The van der Waals surface area contributed by atoms with Gasteiger partial charge in [0.25, 0.3) is 0 Å². The number of ketones is 1. The molecule has 0 bridgehead atoms. The lowest BCUT2D eigenvalue weighted by Gasteiger charge is -2.34. The minimum absolute atomic E-state index is 0.110. The van der Waals surface area contributed by atoms with Gasteiger partial charge in [-0.05, 0) is 65.9 Å². The molecule has 1 heterocycles. The molecule has 0 fully saturated rings. The Morgan fingerprint density at radius 1 is 1.00 bits per heavy atom. The molecule has 2 aliphatic rings. The molecule has 5 rings (SSSR count). The number of ether oxygens (including phenoxy) is 2. The van der Waals surface area contributed by atoms with Crippen molar-refractivity contribution in [3.05, 3.63) is 94.9 Å². The predicted octanol–water partition coefficient (Wildman–Crippen LogP) is 6.64. The van der Waals surface area contributed by atoms with Crippen LogP contribution in [-0.4, -0.2) is 12.9 Å². The Labute approximate surface area is 205 Å². The molecule has 3 aromatic carbocycles. The lowest BCUT2D eigenvalue weighted by Crippen LogP contribution is -2.31. The molecule has 1 aliphatic heterocycles. The summed E-state index contributed by atoms with van der Waals surface area (Å²) in [5.74, 6) is 1.09. The van der Waals surface area contributed by atoms with Crippen molar-refractivity contribution in [1.29, 1.82) is 0 Å². The average molecular weight is 473 g/mol. The van der Waals surface area contributed by atoms with E-state index in [1.807, 2.05) is 42.5 Å². The van der Waals surface area contributed by atoms with Gasteiger partial charge < -0.3 is 20.1 Å². The number of anilines is 2. The van der Waals surface area contributed by atoms with Crippen molar-refractivity contribution in [2.75, 3.05) is 17.7 Å². The molecule has 0 saturated carbocycles. The lowest BCUT2D eigenvalue weighted by atomic mass is 9.73. The standard InChI is InChI=1S/C29H29FN2O3/c1-29(2)15-24-27(25(33)16-29)28(32-23-7-5-4-6-22(23)31-24)18-8-13-26(34-3)19(14-18)17-35-21-11-9-20(30)10-12-21/h4-14,28,31-32H,15-17H2,1-3H3/t28-/m1/s1. The number of fused-ring (bicyclic) bond motifs is 1. The second-order valence-electron chi connectivity index (χ2n) is 9.89. The molecule has 1 atom stereocenters. The van der Waals surface area contributed by atoms with E-state index in [4.69, 9.17) is 9.47 Å². The molecule has 35 heavy (non-hydrogen) atoms. The molecule has 2 N–H and O–H groups in total. The van der Waals surface area contributed by atoms with Crippen LogP contribution in [0.4, 0.5) is 15.8 Å². The number of halogens is 1. The highest BCUT2D eigenvalue weighted by Gasteiger charge is 2.38. The van der Waals surface area contributed by atoms with E-state index in [0.717, 1.165) is 40.2 Å². The number of carbonyl (C=O) groups excluding carboxylic acids is 1. The van der Waals surface area contributed by atoms with Crippen LogP contribution in [0.5, 0.6) is 11.5 Å². The van der Waals surface area contributed by atoms with Crippen molar-refractivity contribution in [2.24, 2.45) is 5.41 Å². The zero-order chi connectivity index (χ0) is 24.6. The summed E-state index contributed by atoms with van der Waals surface area (Å²) in [6.45, 7) is 4.51. The Balaban J connectivity index is 1.54. The van der Waals surface area contributed by atoms with Gasteiger partial charge in [0.05, 0.1) is 24.5 Å². The van der Waals surface area contributed by atoms with Gasteiger partial charge in [0.1, 0.15) is 23.9 Å². The zero-order valence-corrected chi connectivity index (χ0v) is 20.2. The van der Waals surface area contributed by atoms with Crippen LogP contribution < -0.4 is 20.1 Å². The van der Waals surface area contributed by atoms with E-state index in [0.29, 0.717) is 17.9 Å². The number of hydrogen-bond acceptors (Lipinski definition) is 5. The molecular weight excluding hydrogens is 443 g/mol. The summed E-state index contributed by atoms with van der Waals surface area (Å²) < 4.78 is 24.8. The van der Waals surface area contributed by atoms with Gasteiger partial charge in [-0.25, -0.2) is 4.39 Å². The number of rotatable bonds is 5. The first-order valence-corrected chi connectivity index (χ1v) is 11.8. The Morgan fingerprint density at radius 2 is 1.74 bits per heavy atom. The van der Waals surface area contributed by atoms with Crippen LogP contribution in [0.15, 0.2) is 78.0 Å². The summed E-state index contributed by atoms with van der Waals surface area (Å²) in [6, 6.07) is 19.5. The molecule has 3 aromatic rings. The molecule has 0 saturated heterocycles. The maximum absolute atomic E-state index is 13.5. The van der Waals surface area contributed by atoms with Crippen LogP contribution >= 0.6 is 0 Å². The molecule has 1 aliphatic carbocycles. The number of hydrogen-bond donors (Lipinski definition) is 2. The number of carbonyl (C=O) groups is 1. The molecule has 0 aromatic heterocycles. The molecule has 5 nitrogen and oxygen atoms in total. The highest BCUT2D eigenvalue weighted by Crippen LogP contribution is 2.45. The van der Waals surface area contributed by atoms with Gasteiger partial charge in [-0.1, -0.05) is 32.0 Å². The molecule has 0 unspecified atom stereocenters. The molecule has 0 amide bonds. The van der Waals surface area contributed by atoms with Crippen molar-refractivity contribution < 1.29 is 18.7 Å². The van der Waals surface area contributed by atoms with Gasteiger partial charge in [-0.2, -0.15) is 0 Å². The van der Waals surface area contributed by atoms with E-state index < -0.39 is 0 Å². The largest absolute Gasteiger partial charge is 0.496 e. The normalized spacial score (nSPS) is 18.5. The van der Waals surface area contributed by atoms with Crippen molar-refractivity contribution in [2.45, 2.75) is 39.3 Å². The Bertz CT molecular complexity index is 1300. The summed E-state index contributed by atoms with van der Waals surface area (Å²) in [5, 5.41) is 7.16. The Morgan fingerprint density at radius 3 is 2.49 bits per heavy atom. The first-order valence-electron chi connectivity index (χ1n) is 11.8. The van der Waals surface area contributed by atoms with E-state index >= 15 is 0 Å². The van der Waals surface area contributed by atoms with Crippen LogP contribution in [0.3, 0.4) is 0 Å². The predicted molar refractivity (Wildman–Crippen MR) is 135 cm³/mol. The topological polar surface area (TPSA) is 59.6 Å². The summed E-state index contributed by atoms with van der Waals surface area (Å²) in [5.41, 5.74) is 5.32. The number of allylic oxidation sites excluding steroid dienone is 1. The SMILES string of the molecule is COc1ccc([C@H]2Nc3ccccc3NC3=C2C(=O)CC(C)(C)C3)cc1COc1ccc(F)cc1. The van der Waals surface area contributed by atoms with Crippen molar-refractivity contribution >= 4 is 17.2 Å². The number of nitrogens with one attached hydrogen (secondary N) is 2. The van der Waals surface area contributed by atoms with Crippen molar-refractivity contribution in [3.63, 3.8) is 0 Å². The molecule has 0 radical (unpaired) electrons. The third-order valence-corrected chi connectivity index (χ3v) is 6.57. The van der Waals surface area contributed by atoms with Gasteiger partial charge in [0.15, 0.2) is 5.78 Å². The third kappa shape index (κ3) is 4.74. The van der Waals surface area contributed by atoms with Crippen LogP contribution in [-0.2, 0) is 11.4 Å². The lowest BCUT2D eigenvalue weighted by molar-refractivity contribution is -0.118. The van der Waals surface area contributed by atoms with E-state index in [1.165, 1.54) is 12.1 Å². The third-order valence-electron chi connectivity index (χ3n) is 6.57. The highest BCUT2D eigenvalue weighted by molar-refractivity contribution is 6.01. The minimum atomic E-state index is -0.319. The van der Waals surface area contributed by atoms with E-state index in [2.05, 4.69) is 24.5 Å². The number of para-hydroxylation sites is 2. The number of Topliss-reactive ketones (excluding diaryl/α,β-unsaturated/α-hetero) is 1. The highest BCUT2D eigenvalue weighted by atomic mass is 19.1. The Hall–Kier alpha value is -3.80. The fraction of sp³-hybridized carbons (Fsp3) is 0.276. The number of methoxy groups -OCH3 is 1. The number of benzene rings is 3. The van der Waals surface area contributed by atoms with E-state index in [-0.39, 0.29) is 29.7 Å². The van der Waals surface area contributed by atoms with E-state index in [1.54, 1.807) is 19.2 Å². The minimum Gasteiger partial charge on any atom is -0.496 e. The van der Waals surface area contributed by atoms with Crippen LogP contribution in [0.1, 0.15) is 43.9 Å². The fourth-order valence-electron chi connectivity index (χ4n) is 4.92. The molecule has 0 spiro atoms. The second kappa shape index (κ2) is 9.10. The van der Waals surface area contributed by atoms with Gasteiger partial charge in [0, 0.05) is 23.3 Å².